The standard InChI is InChI=1S/C17H29N3O8/c1-9(28-3)12(17(25)26)6-11(21)4-10(5-15(19)23)16(24)20-7-14(22)13(18)8-27-2/h9-10,12-13H,4-8,18H2,1-3H3,(H2,19,23)(H,20,24)(H,25,26)/t9?,10-,12-,13-/m0/s1. The van der Waals surface area contributed by atoms with Gasteiger partial charge in [-0.2, -0.15) is 0 Å². The number of carbonyl (C=O) groups excluding carboxylic acids is 4. The minimum atomic E-state index is -1.21. The second-order valence-electron chi connectivity index (χ2n) is 6.45. The molecule has 6 N–H and O–H groups in total. The van der Waals surface area contributed by atoms with E-state index >= 15 is 0 Å². The predicted molar refractivity (Wildman–Crippen MR) is 97.0 cm³/mol. The molecule has 11 heteroatoms. The summed E-state index contributed by atoms with van der Waals surface area (Å²) in [6.45, 7) is 1.09. The van der Waals surface area contributed by atoms with Crippen molar-refractivity contribution in [3.05, 3.63) is 0 Å². The Morgan fingerprint density at radius 3 is 2.14 bits per heavy atom. The molecule has 0 aliphatic heterocycles. The number of methoxy groups -OCH3 is 2. The van der Waals surface area contributed by atoms with Crippen molar-refractivity contribution in [2.45, 2.75) is 38.3 Å². The number of primary amides is 1. The molecule has 0 bridgehead atoms. The lowest BCUT2D eigenvalue weighted by Gasteiger charge is -2.20. The van der Waals surface area contributed by atoms with Gasteiger partial charge in [-0.05, 0) is 6.92 Å². The lowest BCUT2D eigenvalue weighted by Crippen LogP contribution is -2.44. The van der Waals surface area contributed by atoms with Crippen LogP contribution in [0.2, 0.25) is 0 Å². The molecule has 0 aliphatic carbocycles. The number of carboxylic acids is 1. The van der Waals surface area contributed by atoms with Gasteiger partial charge in [0.05, 0.1) is 37.1 Å². The van der Waals surface area contributed by atoms with Crippen LogP contribution >= 0.6 is 0 Å². The van der Waals surface area contributed by atoms with Gasteiger partial charge in [0.25, 0.3) is 0 Å². The van der Waals surface area contributed by atoms with Crippen LogP contribution in [0.15, 0.2) is 0 Å². The summed E-state index contributed by atoms with van der Waals surface area (Å²) in [4.78, 5) is 58.8. The summed E-state index contributed by atoms with van der Waals surface area (Å²) in [6.07, 6.45) is -1.91. The van der Waals surface area contributed by atoms with Crippen LogP contribution in [0.5, 0.6) is 0 Å². The third-order valence-corrected chi connectivity index (χ3v) is 4.19. The molecule has 28 heavy (non-hydrogen) atoms. The first-order valence-corrected chi connectivity index (χ1v) is 8.63. The van der Waals surface area contributed by atoms with E-state index < -0.39 is 72.7 Å². The molecule has 0 radical (unpaired) electrons. The number of hydrogen-bond donors (Lipinski definition) is 4. The maximum atomic E-state index is 12.3. The molecule has 160 valence electrons. The smallest absolute Gasteiger partial charge is 0.309 e. The van der Waals surface area contributed by atoms with Crippen LogP contribution in [0.25, 0.3) is 0 Å². The van der Waals surface area contributed by atoms with Crippen LogP contribution < -0.4 is 16.8 Å². The topological polar surface area (TPSA) is 188 Å². The van der Waals surface area contributed by atoms with Gasteiger partial charge in [0.15, 0.2) is 5.78 Å². The van der Waals surface area contributed by atoms with E-state index in [9.17, 15) is 29.1 Å². The van der Waals surface area contributed by atoms with Gasteiger partial charge in [-0.3, -0.25) is 24.0 Å². The average molecular weight is 403 g/mol. The number of rotatable bonds is 15. The summed E-state index contributed by atoms with van der Waals surface area (Å²) in [6, 6.07) is -0.923. The van der Waals surface area contributed by atoms with Crippen LogP contribution in [-0.2, 0) is 33.4 Å². The van der Waals surface area contributed by atoms with Crippen LogP contribution in [0.3, 0.4) is 0 Å². The monoisotopic (exact) mass is 403 g/mol. The van der Waals surface area contributed by atoms with Gasteiger partial charge in [0.2, 0.25) is 11.8 Å². The molecule has 0 aromatic heterocycles. The first kappa shape index (κ1) is 25.6. The highest BCUT2D eigenvalue weighted by molar-refractivity contribution is 5.94. The predicted octanol–water partition coefficient (Wildman–Crippen LogP) is -1.78. The zero-order chi connectivity index (χ0) is 21.9. The number of nitrogens with one attached hydrogen (secondary N) is 1. The van der Waals surface area contributed by atoms with Gasteiger partial charge in [0, 0.05) is 33.5 Å². The summed E-state index contributed by atoms with van der Waals surface area (Å²) >= 11 is 0. The van der Waals surface area contributed by atoms with E-state index in [0.717, 1.165) is 0 Å². The fourth-order valence-corrected chi connectivity index (χ4v) is 2.44. The highest BCUT2D eigenvalue weighted by atomic mass is 16.5. The molecule has 0 saturated heterocycles. The van der Waals surface area contributed by atoms with E-state index in [-0.39, 0.29) is 13.0 Å². The molecule has 0 aliphatic rings. The number of Topliss-reactive ketones (excluding diaryl/α,β-unsaturated/α-hetero) is 2. The molecule has 11 nitrogen and oxygen atoms in total. The third kappa shape index (κ3) is 9.53. The second-order valence-corrected chi connectivity index (χ2v) is 6.45. The molecule has 0 saturated carbocycles. The van der Waals surface area contributed by atoms with Crippen LogP contribution in [-0.4, -0.2) is 74.0 Å². The average Bonchev–Trinajstić information content (AvgIpc) is 2.62. The van der Waals surface area contributed by atoms with Crippen molar-refractivity contribution in [3.63, 3.8) is 0 Å². The van der Waals surface area contributed by atoms with Gasteiger partial charge in [0.1, 0.15) is 5.78 Å². The Balaban J connectivity index is 4.94. The third-order valence-electron chi connectivity index (χ3n) is 4.19. The van der Waals surface area contributed by atoms with Crippen molar-refractivity contribution < 1.29 is 38.6 Å². The van der Waals surface area contributed by atoms with Gasteiger partial charge in [-0.15, -0.1) is 0 Å². The Hall–Kier alpha value is -2.37. The number of ether oxygens (including phenoxy) is 2. The van der Waals surface area contributed by atoms with Crippen molar-refractivity contribution in [1.29, 1.82) is 0 Å². The summed E-state index contributed by atoms with van der Waals surface area (Å²) < 4.78 is 9.70. The Morgan fingerprint density at radius 2 is 1.68 bits per heavy atom. The van der Waals surface area contributed by atoms with Crippen LogP contribution in [0, 0.1) is 11.8 Å². The number of nitrogens with two attached hydrogens (primary N) is 2. The van der Waals surface area contributed by atoms with E-state index in [1.54, 1.807) is 0 Å². The molecule has 0 rings (SSSR count). The largest absolute Gasteiger partial charge is 0.481 e. The number of carboxylic acid groups (broad SMARTS) is 1. The zero-order valence-electron chi connectivity index (χ0n) is 16.3. The lowest BCUT2D eigenvalue weighted by atomic mass is 9.90. The fraction of sp³-hybridized carbons (Fsp3) is 0.706. The fourth-order valence-electron chi connectivity index (χ4n) is 2.44. The van der Waals surface area contributed by atoms with Gasteiger partial charge < -0.3 is 31.4 Å². The first-order chi connectivity index (χ1) is 13.0. The number of amides is 2. The van der Waals surface area contributed by atoms with Crippen molar-refractivity contribution in [2.75, 3.05) is 27.4 Å². The Kier molecular flexibility index (Phi) is 11.8. The van der Waals surface area contributed by atoms with Crippen LogP contribution in [0.4, 0.5) is 0 Å². The van der Waals surface area contributed by atoms with E-state index in [0.29, 0.717) is 0 Å². The zero-order valence-corrected chi connectivity index (χ0v) is 16.3. The number of carbonyl (C=O) groups is 5. The molecule has 1 unspecified atom stereocenters. The minimum absolute atomic E-state index is 0.0217. The van der Waals surface area contributed by atoms with Crippen molar-refractivity contribution in [2.24, 2.45) is 23.3 Å². The molecule has 2 amide bonds. The highest BCUT2D eigenvalue weighted by Crippen LogP contribution is 2.18. The van der Waals surface area contributed by atoms with E-state index in [2.05, 4.69) is 5.32 Å². The Bertz CT molecular complexity index is 581. The van der Waals surface area contributed by atoms with Gasteiger partial charge >= 0.3 is 5.97 Å². The molecule has 0 aromatic carbocycles. The van der Waals surface area contributed by atoms with E-state index in [1.807, 2.05) is 0 Å². The molecule has 0 heterocycles. The summed E-state index contributed by atoms with van der Waals surface area (Å²) in [5.41, 5.74) is 10.7. The summed E-state index contributed by atoms with van der Waals surface area (Å²) in [5, 5.41) is 11.5. The molecular formula is C17H29N3O8. The molecule has 0 fully saturated rings. The van der Waals surface area contributed by atoms with Gasteiger partial charge in [-0.1, -0.05) is 0 Å². The normalized spacial score (nSPS) is 15.1. The quantitative estimate of drug-likeness (QED) is 0.245. The molecular weight excluding hydrogens is 374 g/mol. The molecule has 0 spiro atoms. The molecule has 4 atom stereocenters. The molecule has 0 aromatic rings. The number of ketones is 2. The maximum Gasteiger partial charge on any atom is 0.309 e. The first-order valence-electron chi connectivity index (χ1n) is 8.63. The lowest BCUT2D eigenvalue weighted by molar-refractivity contribution is -0.148. The van der Waals surface area contributed by atoms with Crippen molar-refractivity contribution in [3.8, 4) is 0 Å². The SMILES string of the molecule is COC[C@H](N)C(=O)CNC(=O)[C@H](CC(N)=O)CC(=O)C[C@H](C(=O)O)C(C)OC. The highest BCUT2D eigenvalue weighted by Gasteiger charge is 2.30. The van der Waals surface area contributed by atoms with Gasteiger partial charge in [-0.25, -0.2) is 0 Å². The maximum absolute atomic E-state index is 12.3. The Morgan fingerprint density at radius 1 is 1.07 bits per heavy atom. The van der Waals surface area contributed by atoms with Crippen molar-refractivity contribution in [1.82, 2.24) is 5.32 Å². The van der Waals surface area contributed by atoms with Crippen molar-refractivity contribution >= 4 is 29.4 Å². The minimum Gasteiger partial charge on any atom is -0.481 e. The number of hydrogen-bond acceptors (Lipinski definition) is 8. The van der Waals surface area contributed by atoms with E-state index in [1.165, 1.54) is 21.1 Å². The van der Waals surface area contributed by atoms with Crippen LogP contribution in [0.1, 0.15) is 26.2 Å². The number of aliphatic carboxylic acids is 1. The van der Waals surface area contributed by atoms with E-state index in [4.69, 9.17) is 20.9 Å². The summed E-state index contributed by atoms with van der Waals surface area (Å²) in [5.74, 6) is -5.99. The second kappa shape index (κ2) is 12.9. The Labute approximate surface area is 163 Å². The summed E-state index contributed by atoms with van der Waals surface area (Å²) in [7, 11) is 2.69.